The summed E-state index contributed by atoms with van der Waals surface area (Å²) in [5, 5.41) is 3.05. The van der Waals surface area contributed by atoms with Gasteiger partial charge in [-0.15, -0.1) is 0 Å². The lowest BCUT2D eigenvalue weighted by atomic mass is 10.1. The van der Waals surface area contributed by atoms with E-state index in [0.717, 1.165) is 50.1 Å². The number of nitrogens with zero attached hydrogens (tertiary/aromatic N) is 2. The van der Waals surface area contributed by atoms with Crippen molar-refractivity contribution >= 4 is 11.4 Å². The van der Waals surface area contributed by atoms with Crippen molar-refractivity contribution in [1.82, 2.24) is 4.90 Å². The first-order valence-corrected chi connectivity index (χ1v) is 7.94. The molecule has 0 amide bonds. The maximum absolute atomic E-state index is 13.8. The van der Waals surface area contributed by atoms with Gasteiger partial charge in [0.2, 0.25) is 0 Å². The molecule has 0 spiro atoms. The van der Waals surface area contributed by atoms with Crippen LogP contribution in [0, 0.1) is 17.5 Å². The zero-order chi connectivity index (χ0) is 17.1. The van der Waals surface area contributed by atoms with E-state index < -0.39 is 11.6 Å². The number of benzene rings is 2. The average molecular weight is 335 g/mol. The predicted molar refractivity (Wildman–Crippen MR) is 89.8 cm³/mol. The van der Waals surface area contributed by atoms with Gasteiger partial charge in [0, 0.05) is 38.3 Å². The van der Waals surface area contributed by atoms with Crippen molar-refractivity contribution in [3.05, 3.63) is 59.4 Å². The third-order valence-electron chi connectivity index (χ3n) is 4.28. The van der Waals surface area contributed by atoms with Gasteiger partial charge in [0.25, 0.3) is 0 Å². The van der Waals surface area contributed by atoms with Gasteiger partial charge in [-0.05, 0) is 43.4 Å². The molecule has 0 atom stereocenters. The molecule has 3 nitrogen and oxygen atoms in total. The maximum atomic E-state index is 13.8. The highest BCUT2D eigenvalue weighted by molar-refractivity contribution is 5.70. The molecule has 2 aromatic rings. The van der Waals surface area contributed by atoms with Gasteiger partial charge in [-0.25, -0.2) is 13.2 Å². The van der Waals surface area contributed by atoms with Gasteiger partial charge in [-0.1, -0.05) is 0 Å². The Bertz CT molecular complexity index is 713. The summed E-state index contributed by atoms with van der Waals surface area (Å²) < 4.78 is 40.7. The first-order valence-electron chi connectivity index (χ1n) is 7.94. The molecule has 128 valence electrons. The zero-order valence-electron chi connectivity index (χ0n) is 13.5. The van der Waals surface area contributed by atoms with Crippen LogP contribution < -0.4 is 10.2 Å². The monoisotopic (exact) mass is 335 g/mol. The van der Waals surface area contributed by atoms with Crippen molar-refractivity contribution in [2.75, 3.05) is 43.4 Å². The topological polar surface area (TPSA) is 18.5 Å². The Morgan fingerprint density at radius 3 is 2.33 bits per heavy atom. The third kappa shape index (κ3) is 3.82. The van der Waals surface area contributed by atoms with E-state index in [2.05, 4.69) is 22.2 Å². The van der Waals surface area contributed by atoms with E-state index in [9.17, 15) is 13.2 Å². The summed E-state index contributed by atoms with van der Waals surface area (Å²) in [5.41, 5.74) is 1.67. The fourth-order valence-electron chi connectivity index (χ4n) is 2.84. The van der Waals surface area contributed by atoms with Crippen LogP contribution in [0.3, 0.4) is 0 Å². The Labute approximate surface area is 139 Å². The maximum Gasteiger partial charge on any atom is 0.128 e. The minimum absolute atomic E-state index is 0.0911. The van der Waals surface area contributed by atoms with E-state index in [1.807, 2.05) is 0 Å². The van der Waals surface area contributed by atoms with Crippen LogP contribution in [0.15, 0.2) is 36.4 Å². The smallest absolute Gasteiger partial charge is 0.128 e. The molecule has 0 unspecified atom stereocenters. The molecule has 0 aliphatic carbocycles. The molecule has 3 rings (SSSR count). The quantitative estimate of drug-likeness (QED) is 0.923. The Kier molecular flexibility index (Phi) is 4.94. The molecule has 0 radical (unpaired) electrons. The molecule has 0 saturated carbocycles. The molecule has 6 heteroatoms. The van der Waals surface area contributed by atoms with E-state index in [4.69, 9.17) is 0 Å². The zero-order valence-corrected chi connectivity index (χ0v) is 13.5. The fraction of sp³-hybridized carbons (Fsp3) is 0.333. The van der Waals surface area contributed by atoms with Crippen LogP contribution in [-0.2, 0) is 6.54 Å². The van der Waals surface area contributed by atoms with Gasteiger partial charge >= 0.3 is 0 Å². The first-order chi connectivity index (χ1) is 11.5. The minimum Gasteiger partial charge on any atom is -0.379 e. The van der Waals surface area contributed by atoms with Crippen molar-refractivity contribution in [3.63, 3.8) is 0 Å². The van der Waals surface area contributed by atoms with E-state index in [-0.39, 0.29) is 17.9 Å². The molecule has 1 fully saturated rings. The summed E-state index contributed by atoms with van der Waals surface area (Å²) in [6.07, 6.45) is 0. The molecule has 0 bridgehead atoms. The Morgan fingerprint density at radius 1 is 0.917 bits per heavy atom. The number of hydrogen-bond acceptors (Lipinski definition) is 3. The number of hydrogen-bond donors (Lipinski definition) is 1. The minimum atomic E-state index is -0.494. The van der Waals surface area contributed by atoms with Gasteiger partial charge in [-0.2, -0.15) is 0 Å². The summed E-state index contributed by atoms with van der Waals surface area (Å²) in [4.78, 5) is 4.40. The lowest BCUT2D eigenvalue weighted by molar-refractivity contribution is 0.313. The van der Waals surface area contributed by atoms with Crippen molar-refractivity contribution in [2.45, 2.75) is 6.54 Å². The van der Waals surface area contributed by atoms with Crippen LogP contribution in [-0.4, -0.2) is 38.1 Å². The lowest BCUT2D eigenvalue weighted by Crippen LogP contribution is -2.44. The third-order valence-corrected chi connectivity index (χ3v) is 4.28. The van der Waals surface area contributed by atoms with E-state index in [0.29, 0.717) is 5.69 Å². The highest BCUT2D eigenvalue weighted by atomic mass is 19.1. The SMILES string of the molecule is CN1CCN(c2ccc(F)cc2NCc2cc(F)ccc2F)CC1. The van der Waals surface area contributed by atoms with Crippen molar-refractivity contribution in [2.24, 2.45) is 0 Å². The van der Waals surface area contributed by atoms with Gasteiger partial charge in [0.05, 0.1) is 11.4 Å². The van der Waals surface area contributed by atoms with Crippen LogP contribution in [0.4, 0.5) is 24.5 Å². The second-order valence-corrected chi connectivity index (χ2v) is 6.04. The molecule has 1 aliphatic rings. The summed E-state index contributed by atoms with van der Waals surface area (Å²) in [5.74, 6) is -1.34. The van der Waals surface area contributed by atoms with E-state index >= 15 is 0 Å². The van der Waals surface area contributed by atoms with Crippen molar-refractivity contribution < 1.29 is 13.2 Å². The molecule has 0 aromatic heterocycles. The van der Waals surface area contributed by atoms with Crippen LogP contribution >= 0.6 is 0 Å². The Morgan fingerprint density at radius 2 is 1.58 bits per heavy atom. The molecule has 24 heavy (non-hydrogen) atoms. The van der Waals surface area contributed by atoms with E-state index in [1.165, 1.54) is 12.1 Å². The molecule has 1 N–H and O–H groups in total. The normalized spacial score (nSPS) is 15.6. The molecule has 1 heterocycles. The number of nitrogens with one attached hydrogen (secondary N) is 1. The average Bonchev–Trinajstić information content (AvgIpc) is 2.57. The van der Waals surface area contributed by atoms with Crippen molar-refractivity contribution in [3.8, 4) is 0 Å². The van der Waals surface area contributed by atoms with Crippen LogP contribution in [0.1, 0.15) is 5.56 Å². The van der Waals surface area contributed by atoms with Gasteiger partial charge in [0.1, 0.15) is 17.5 Å². The van der Waals surface area contributed by atoms with Crippen LogP contribution in [0.5, 0.6) is 0 Å². The molecule has 2 aromatic carbocycles. The Balaban J connectivity index is 1.79. The number of rotatable bonds is 4. The second kappa shape index (κ2) is 7.13. The Hall–Kier alpha value is -2.21. The second-order valence-electron chi connectivity index (χ2n) is 6.04. The highest BCUT2D eigenvalue weighted by Crippen LogP contribution is 2.28. The standard InChI is InChI=1S/C18H20F3N3/c1-23-6-8-24(9-7-23)18-5-3-15(20)11-17(18)22-12-13-10-14(19)2-4-16(13)21/h2-5,10-11,22H,6-9,12H2,1H3. The molecule has 1 aliphatic heterocycles. The number of halogens is 3. The lowest BCUT2D eigenvalue weighted by Gasteiger charge is -2.35. The number of likely N-dealkylation sites (N-methyl/N-ethyl adjacent to an activating group) is 1. The van der Waals surface area contributed by atoms with Gasteiger partial charge < -0.3 is 15.1 Å². The number of piperazine rings is 1. The van der Waals surface area contributed by atoms with E-state index in [1.54, 1.807) is 6.07 Å². The van der Waals surface area contributed by atoms with Gasteiger partial charge in [0.15, 0.2) is 0 Å². The van der Waals surface area contributed by atoms with Crippen molar-refractivity contribution in [1.29, 1.82) is 0 Å². The first kappa shape index (κ1) is 16.6. The highest BCUT2D eigenvalue weighted by Gasteiger charge is 2.17. The largest absolute Gasteiger partial charge is 0.379 e. The molecular weight excluding hydrogens is 315 g/mol. The fourth-order valence-corrected chi connectivity index (χ4v) is 2.84. The van der Waals surface area contributed by atoms with Crippen LogP contribution in [0.25, 0.3) is 0 Å². The summed E-state index contributed by atoms with van der Waals surface area (Å²) >= 11 is 0. The predicted octanol–water partition coefficient (Wildman–Crippen LogP) is 3.47. The molecule has 1 saturated heterocycles. The van der Waals surface area contributed by atoms with Gasteiger partial charge in [-0.3, -0.25) is 0 Å². The van der Waals surface area contributed by atoms with Crippen LogP contribution in [0.2, 0.25) is 0 Å². The summed E-state index contributed by atoms with van der Waals surface area (Å²) in [6.45, 7) is 3.62. The summed E-state index contributed by atoms with van der Waals surface area (Å²) in [6, 6.07) is 7.87. The number of anilines is 2. The molecular formula is C18H20F3N3. The summed E-state index contributed by atoms with van der Waals surface area (Å²) in [7, 11) is 2.06.